The van der Waals surface area contributed by atoms with Gasteiger partial charge in [-0.2, -0.15) is 26.9 Å². The number of hydrogen-bond acceptors (Lipinski definition) is 11. The molecule has 40 heavy (non-hydrogen) atoms. The van der Waals surface area contributed by atoms with Crippen LogP contribution in [0.1, 0.15) is 34.8 Å². The first-order chi connectivity index (χ1) is 18.8. The van der Waals surface area contributed by atoms with Crippen LogP contribution in [0.4, 0.5) is 13.2 Å². The molecule has 0 spiro atoms. The molecular formula is C25H26F3NO10S. The Morgan fingerprint density at radius 3 is 2.35 bits per heavy atom. The van der Waals surface area contributed by atoms with Gasteiger partial charge in [0.1, 0.15) is 48.1 Å². The summed E-state index contributed by atoms with van der Waals surface area (Å²) >= 11 is 0. The van der Waals surface area contributed by atoms with Gasteiger partial charge in [-0.05, 0) is 41.8 Å². The Kier molecular flexibility index (Phi) is 8.90. The topological polar surface area (TPSA) is 176 Å². The predicted molar refractivity (Wildman–Crippen MR) is 129 cm³/mol. The van der Waals surface area contributed by atoms with E-state index in [0.717, 1.165) is 12.1 Å². The molecule has 11 nitrogen and oxygen atoms in total. The maximum Gasteiger partial charge on any atom is 0.534 e. The minimum atomic E-state index is -5.85. The second-order valence-corrected chi connectivity index (χ2v) is 10.9. The van der Waals surface area contributed by atoms with Crippen molar-refractivity contribution in [1.29, 1.82) is 5.26 Å². The highest BCUT2D eigenvalue weighted by Gasteiger charge is 2.48. The predicted octanol–water partition coefficient (Wildman–Crippen LogP) is 1.06. The molecule has 2 aliphatic rings. The molecule has 2 unspecified atom stereocenters. The van der Waals surface area contributed by atoms with Crippen LogP contribution in [0.5, 0.6) is 11.5 Å². The van der Waals surface area contributed by atoms with E-state index in [4.69, 9.17) is 14.2 Å². The van der Waals surface area contributed by atoms with Gasteiger partial charge in [0.15, 0.2) is 0 Å². The highest BCUT2D eigenvalue weighted by Crippen LogP contribution is 2.40. The normalized spacial score (nSPS) is 27.2. The van der Waals surface area contributed by atoms with E-state index in [2.05, 4.69) is 4.18 Å². The fraction of sp³-hybridized carbons (Fsp3) is 0.480. The number of ether oxygens (including phenoxy) is 3. The summed E-state index contributed by atoms with van der Waals surface area (Å²) in [7, 11) is -5.85. The first-order valence-corrected chi connectivity index (χ1v) is 13.5. The van der Waals surface area contributed by atoms with Crippen LogP contribution >= 0.6 is 0 Å². The molecule has 2 aliphatic heterocycles. The monoisotopic (exact) mass is 589 g/mol. The molecule has 218 valence electrons. The SMILES string of the molecule is N#Cc1cc(OC2CCOC2)c([C@@H]2O[C@H](CO)[C@@H](O)C(O)[C@H]2O)cc1Cc1ccc(OS(=O)(=O)C(F)(F)F)cc1. The molecule has 0 aliphatic carbocycles. The minimum Gasteiger partial charge on any atom is -0.487 e. The molecule has 0 saturated carbocycles. The number of benzene rings is 2. The van der Waals surface area contributed by atoms with E-state index in [-0.39, 0.29) is 36.0 Å². The molecule has 0 amide bonds. The van der Waals surface area contributed by atoms with Crippen molar-refractivity contribution in [2.45, 2.75) is 55.0 Å². The number of nitrogens with zero attached hydrogens (tertiary/aromatic N) is 1. The summed E-state index contributed by atoms with van der Waals surface area (Å²) in [5.74, 6) is -0.410. The molecule has 4 rings (SSSR count). The van der Waals surface area contributed by atoms with E-state index in [9.17, 15) is 47.3 Å². The summed E-state index contributed by atoms with van der Waals surface area (Å²) in [6, 6.07) is 9.64. The van der Waals surface area contributed by atoms with Crippen LogP contribution in [0.2, 0.25) is 0 Å². The molecular weight excluding hydrogens is 563 g/mol. The van der Waals surface area contributed by atoms with Gasteiger partial charge in [-0.1, -0.05) is 12.1 Å². The number of aliphatic hydroxyl groups excluding tert-OH is 4. The lowest BCUT2D eigenvalue weighted by molar-refractivity contribution is -0.232. The summed E-state index contributed by atoms with van der Waals surface area (Å²) in [5.41, 5.74) is -4.38. The number of hydrogen-bond donors (Lipinski definition) is 4. The van der Waals surface area contributed by atoms with Crippen molar-refractivity contribution in [3.8, 4) is 17.6 Å². The van der Waals surface area contributed by atoms with Crippen LogP contribution in [0, 0.1) is 11.3 Å². The van der Waals surface area contributed by atoms with Gasteiger partial charge in [-0.3, -0.25) is 0 Å². The number of halogens is 3. The van der Waals surface area contributed by atoms with Crippen molar-refractivity contribution in [2.75, 3.05) is 19.8 Å². The van der Waals surface area contributed by atoms with Gasteiger partial charge in [0.25, 0.3) is 0 Å². The van der Waals surface area contributed by atoms with Crippen molar-refractivity contribution in [2.24, 2.45) is 0 Å². The van der Waals surface area contributed by atoms with Crippen molar-refractivity contribution >= 4 is 10.1 Å². The van der Waals surface area contributed by atoms with Gasteiger partial charge in [0.05, 0.1) is 31.5 Å². The average molecular weight is 590 g/mol. The van der Waals surface area contributed by atoms with Gasteiger partial charge >= 0.3 is 15.6 Å². The van der Waals surface area contributed by atoms with Crippen molar-refractivity contribution < 1.29 is 60.4 Å². The zero-order valence-corrected chi connectivity index (χ0v) is 21.5. The van der Waals surface area contributed by atoms with Crippen LogP contribution in [0.25, 0.3) is 0 Å². The van der Waals surface area contributed by atoms with Crippen molar-refractivity contribution in [1.82, 2.24) is 0 Å². The molecule has 15 heteroatoms. The second-order valence-electron chi connectivity index (χ2n) is 9.32. The van der Waals surface area contributed by atoms with Crippen LogP contribution in [-0.2, 0) is 26.0 Å². The summed E-state index contributed by atoms with van der Waals surface area (Å²) in [6.45, 7) is 0.0686. The molecule has 2 fully saturated rings. The van der Waals surface area contributed by atoms with Crippen molar-refractivity contribution in [3.05, 3.63) is 58.7 Å². The van der Waals surface area contributed by atoms with E-state index < -0.39 is 58.5 Å². The lowest BCUT2D eigenvalue weighted by Gasteiger charge is -2.40. The van der Waals surface area contributed by atoms with E-state index >= 15 is 0 Å². The lowest BCUT2D eigenvalue weighted by atomic mass is 9.88. The zero-order chi connectivity index (χ0) is 29.2. The number of nitriles is 1. The van der Waals surface area contributed by atoms with Crippen molar-refractivity contribution in [3.63, 3.8) is 0 Å². The molecule has 2 saturated heterocycles. The molecule has 4 N–H and O–H groups in total. The Morgan fingerprint density at radius 2 is 1.77 bits per heavy atom. The van der Waals surface area contributed by atoms with E-state index in [1.54, 1.807) is 0 Å². The highest BCUT2D eigenvalue weighted by atomic mass is 32.2. The molecule has 0 aromatic heterocycles. The molecule has 6 atom stereocenters. The summed E-state index contributed by atoms with van der Waals surface area (Å²) in [5, 5.41) is 50.7. The summed E-state index contributed by atoms with van der Waals surface area (Å²) < 4.78 is 81.5. The fourth-order valence-corrected chi connectivity index (χ4v) is 4.88. The van der Waals surface area contributed by atoms with Gasteiger partial charge < -0.3 is 38.8 Å². The Balaban J connectivity index is 1.68. The zero-order valence-electron chi connectivity index (χ0n) is 20.7. The third-order valence-electron chi connectivity index (χ3n) is 6.54. The van der Waals surface area contributed by atoms with Crippen LogP contribution in [0.3, 0.4) is 0 Å². The number of rotatable bonds is 8. The number of aliphatic hydroxyl groups is 4. The van der Waals surface area contributed by atoms with Crippen LogP contribution in [0.15, 0.2) is 36.4 Å². The highest BCUT2D eigenvalue weighted by molar-refractivity contribution is 7.88. The van der Waals surface area contributed by atoms with E-state index in [1.165, 1.54) is 24.3 Å². The molecule has 0 bridgehead atoms. The second kappa shape index (κ2) is 11.9. The largest absolute Gasteiger partial charge is 0.534 e. The molecule has 2 aromatic rings. The smallest absolute Gasteiger partial charge is 0.487 e. The van der Waals surface area contributed by atoms with Crippen LogP contribution < -0.4 is 8.92 Å². The van der Waals surface area contributed by atoms with Gasteiger partial charge in [0, 0.05) is 12.0 Å². The van der Waals surface area contributed by atoms with E-state index in [1.807, 2.05) is 6.07 Å². The molecule has 0 radical (unpaired) electrons. The van der Waals surface area contributed by atoms with Crippen LogP contribution in [-0.4, -0.2) is 84.7 Å². The van der Waals surface area contributed by atoms with Gasteiger partial charge in [-0.15, -0.1) is 0 Å². The maximum atomic E-state index is 12.6. The minimum absolute atomic E-state index is 0.0342. The van der Waals surface area contributed by atoms with E-state index in [0.29, 0.717) is 24.2 Å². The Labute approximate surface area is 227 Å². The summed E-state index contributed by atoms with van der Waals surface area (Å²) in [6.07, 6.45) is -7.16. The molecule has 2 heterocycles. The maximum absolute atomic E-state index is 12.6. The fourth-order valence-electron chi connectivity index (χ4n) is 4.42. The molecule has 2 aromatic carbocycles. The average Bonchev–Trinajstić information content (AvgIpc) is 3.42. The Hall–Kier alpha value is -2.97. The number of alkyl halides is 3. The van der Waals surface area contributed by atoms with Gasteiger partial charge in [-0.25, -0.2) is 0 Å². The first kappa shape index (κ1) is 30.0. The quantitative estimate of drug-likeness (QED) is 0.256. The lowest BCUT2D eigenvalue weighted by Crippen LogP contribution is -2.55. The van der Waals surface area contributed by atoms with Gasteiger partial charge in [0.2, 0.25) is 0 Å². The third-order valence-corrected chi connectivity index (χ3v) is 7.52. The Bertz CT molecular complexity index is 1340. The Morgan fingerprint density at radius 1 is 1.07 bits per heavy atom. The standard InChI is InChI=1S/C25H26F3NO10S/c26-25(27,28)40(34,35)39-16-3-1-13(2-4-16)7-14-8-18(24-23(33)22(32)21(31)20(11-30)38-24)19(9-15(14)10-29)37-17-5-6-36-12-17/h1-4,8-9,17,20-24,30-33H,5-7,11-12H2/t17?,20-,21-,22?,23-,24+/m1/s1. The first-order valence-electron chi connectivity index (χ1n) is 12.1. The third kappa shape index (κ3) is 6.33. The summed E-state index contributed by atoms with van der Waals surface area (Å²) in [4.78, 5) is 0.